The lowest BCUT2D eigenvalue weighted by Crippen LogP contribution is -2.31. The van der Waals surface area contributed by atoms with Gasteiger partial charge in [-0.15, -0.1) is 0 Å². The SMILES string of the molecule is CCOc1ccc(C2C(C(=O)Nc3cccc(C)c3C)=C(C)Nc3nnnn32)cc1OCCC(C)C. The van der Waals surface area contributed by atoms with Crippen molar-refractivity contribution in [1.29, 1.82) is 0 Å². The third kappa shape index (κ3) is 5.19. The monoisotopic (exact) mass is 490 g/mol. The highest BCUT2D eigenvalue weighted by atomic mass is 16.5. The lowest BCUT2D eigenvalue weighted by molar-refractivity contribution is -0.113. The van der Waals surface area contributed by atoms with Crippen molar-refractivity contribution in [2.45, 2.75) is 54.0 Å². The first-order valence-corrected chi connectivity index (χ1v) is 12.3. The van der Waals surface area contributed by atoms with Gasteiger partial charge in [-0.2, -0.15) is 4.68 Å². The van der Waals surface area contributed by atoms with Crippen LogP contribution in [-0.2, 0) is 4.79 Å². The first-order valence-electron chi connectivity index (χ1n) is 12.3. The maximum atomic E-state index is 13.7. The van der Waals surface area contributed by atoms with Crippen LogP contribution in [0.25, 0.3) is 0 Å². The highest BCUT2D eigenvalue weighted by Gasteiger charge is 2.34. The Morgan fingerprint density at radius 3 is 2.69 bits per heavy atom. The van der Waals surface area contributed by atoms with Crippen LogP contribution in [0, 0.1) is 19.8 Å². The minimum atomic E-state index is -0.551. The molecule has 2 heterocycles. The summed E-state index contributed by atoms with van der Waals surface area (Å²) in [6.07, 6.45) is 0.919. The number of aromatic nitrogens is 4. The molecular weight excluding hydrogens is 456 g/mol. The average Bonchev–Trinajstić information content (AvgIpc) is 3.30. The van der Waals surface area contributed by atoms with Crippen molar-refractivity contribution in [3.8, 4) is 11.5 Å². The third-order valence-corrected chi connectivity index (χ3v) is 6.35. The minimum absolute atomic E-state index is 0.226. The molecule has 0 saturated heterocycles. The summed E-state index contributed by atoms with van der Waals surface area (Å²) < 4.78 is 13.6. The molecule has 1 amide bonds. The van der Waals surface area contributed by atoms with Crippen LogP contribution in [0.3, 0.4) is 0 Å². The van der Waals surface area contributed by atoms with Crippen molar-refractivity contribution in [2.24, 2.45) is 5.92 Å². The molecule has 190 valence electrons. The molecule has 1 unspecified atom stereocenters. The van der Waals surface area contributed by atoms with E-state index in [1.165, 1.54) is 0 Å². The zero-order chi connectivity index (χ0) is 25.8. The number of nitrogens with one attached hydrogen (secondary N) is 2. The van der Waals surface area contributed by atoms with Crippen LogP contribution in [0.15, 0.2) is 47.7 Å². The summed E-state index contributed by atoms with van der Waals surface area (Å²) in [4.78, 5) is 13.7. The highest BCUT2D eigenvalue weighted by Crippen LogP contribution is 2.39. The Bertz CT molecular complexity index is 1280. The van der Waals surface area contributed by atoms with Gasteiger partial charge in [-0.05, 0) is 85.3 Å². The average molecular weight is 491 g/mol. The fourth-order valence-electron chi connectivity index (χ4n) is 4.18. The Kier molecular flexibility index (Phi) is 7.57. The molecular formula is C27H34N6O3. The summed E-state index contributed by atoms with van der Waals surface area (Å²) >= 11 is 0. The number of amides is 1. The van der Waals surface area contributed by atoms with Crippen LogP contribution < -0.4 is 20.1 Å². The Hall–Kier alpha value is -3.88. The molecule has 0 aliphatic carbocycles. The van der Waals surface area contributed by atoms with Gasteiger partial charge in [0.25, 0.3) is 5.91 Å². The van der Waals surface area contributed by atoms with Gasteiger partial charge >= 0.3 is 0 Å². The van der Waals surface area contributed by atoms with E-state index in [9.17, 15) is 4.79 Å². The van der Waals surface area contributed by atoms with Crippen LogP contribution in [0.2, 0.25) is 0 Å². The summed E-state index contributed by atoms with van der Waals surface area (Å²) in [5, 5.41) is 18.4. The summed E-state index contributed by atoms with van der Waals surface area (Å²) in [7, 11) is 0. The van der Waals surface area contributed by atoms with Gasteiger partial charge in [-0.25, -0.2) is 0 Å². The lowest BCUT2D eigenvalue weighted by Gasteiger charge is -2.28. The standard InChI is InChI=1S/C27H34N6O3/c1-7-35-22-12-11-20(15-23(22)36-14-13-16(2)3)25-24(19(6)28-27-30-31-32-33(25)27)26(34)29-21-10-8-9-17(4)18(21)5/h8-12,15-16,25H,7,13-14H2,1-6H3,(H,29,34)(H,28,30,32). The number of anilines is 2. The smallest absolute Gasteiger partial charge is 0.255 e. The Balaban J connectivity index is 1.74. The summed E-state index contributed by atoms with van der Waals surface area (Å²) in [6, 6.07) is 11.0. The Labute approximate surface area is 211 Å². The van der Waals surface area contributed by atoms with Crippen molar-refractivity contribution in [3.63, 3.8) is 0 Å². The molecule has 1 aliphatic heterocycles. The molecule has 9 heteroatoms. The van der Waals surface area contributed by atoms with Crippen molar-refractivity contribution < 1.29 is 14.3 Å². The van der Waals surface area contributed by atoms with Crippen molar-refractivity contribution in [3.05, 3.63) is 64.4 Å². The second-order valence-electron chi connectivity index (χ2n) is 9.39. The maximum absolute atomic E-state index is 13.7. The number of benzene rings is 2. The molecule has 2 aromatic carbocycles. The van der Waals surface area contributed by atoms with Crippen LogP contribution >= 0.6 is 0 Å². The number of ether oxygens (including phenoxy) is 2. The molecule has 1 aromatic heterocycles. The van der Waals surface area contributed by atoms with E-state index < -0.39 is 6.04 Å². The largest absolute Gasteiger partial charge is 0.490 e. The zero-order valence-corrected chi connectivity index (χ0v) is 21.8. The normalized spacial score (nSPS) is 14.9. The number of tetrazole rings is 1. The van der Waals surface area contributed by atoms with E-state index in [0.717, 1.165) is 28.8 Å². The molecule has 0 spiro atoms. The van der Waals surface area contributed by atoms with Crippen molar-refractivity contribution in [1.82, 2.24) is 20.2 Å². The molecule has 0 saturated carbocycles. The molecule has 1 aliphatic rings. The number of carbonyl (C=O) groups is 1. The molecule has 0 fully saturated rings. The molecule has 1 atom stereocenters. The number of hydrogen-bond donors (Lipinski definition) is 2. The Morgan fingerprint density at radius 2 is 1.94 bits per heavy atom. The van der Waals surface area contributed by atoms with E-state index in [-0.39, 0.29) is 5.91 Å². The molecule has 4 rings (SSSR count). The molecule has 3 aromatic rings. The van der Waals surface area contributed by atoms with E-state index in [0.29, 0.717) is 47.8 Å². The van der Waals surface area contributed by atoms with Crippen molar-refractivity contribution >= 4 is 17.5 Å². The number of allylic oxidation sites excluding steroid dienone is 1. The zero-order valence-electron chi connectivity index (χ0n) is 21.8. The number of rotatable bonds is 9. The minimum Gasteiger partial charge on any atom is -0.490 e. The van der Waals surface area contributed by atoms with E-state index >= 15 is 0 Å². The Morgan fingerprint density at radius 1 is 1.14 bits per heavy atom. The van der Waals surface area contributed by atoms with Crippen LogP contribution in [0.1, 0.15) is 56.8 Å². The van der Waals surface area contributed by atoms with Crippen LogP contribution in [0.4, 0.5) is 11.6 Å². The fourth-order valence-corrected chi connectivity index (χ4v) is 4.18. The molecule has 36 heavy (non-hydrogen) atoms. The maximum Gasteiger partial charge on any atom is 0.255 e. The number of nitrogens with zero attached hydrogens (tertiary/aromatic N) is 4. The van der Waals surface area contributed by atoms with Crippen molar-refractivity contribution in [2.75, 3.05) is 23.8 Å². The van der Waals surface area contributed by atoms with Gasteiger partial charge in [-0.3, -0.25) is 4.79 Å². The van der Waals surface area contributed by atoms with Gasteiger partial charge in [-0.1, -0.05) is 37.1 Å². The predicted molar refractivity (Wildman–Crippen MR) is 139 cm³/mol. The number of fused-ring (bicyclic) bond motifs is 1. The van der Waals surface area contributed by atoms with E-state index in [2.05, 4.69) is 40.0 Å². The van der Waals surface area contributed by atoms with E-state index in [1.807, 2.05) is 64.1 Å². The van der Waals surface area contributed by atoms with Gasteiger partial charge < -0.3 is 20.1 Å². The van der Waals surface area contributed by atoms with Gasteiger partial charge in [0.15, 0.2) is 11.5 Å². The second-order valence-corrected chi connectivity index (χ2v) is 9.39. The quantitative estimate of drug-likeness (QED) is 0.433. The summed E-state index contributed by atoms with van der Waals surface area (Å²) in [5.74, 6) is 2.06. The second kappa shape index (κ2) is 10.8. The topological polar surface area (TPSA) is 103 Å². The molecule has 9 nitrogen and oxygen atoms in total. The molecule has 0 radical (unpaired) electrons. The van der Waals surface area contributed by atoms with Crippen LogP contribution in [0.5, 0.6) is 11.5 Å². The van der Waals surface area contributed by atoms with Gasteiger partial charge in [0.1, 0.15) is 6.04 Å². The van der Waals surface area contributed by atoms with Crippen LogP contribution in [-0.4, -0.2) is 39.3 Å². The summed E-state index contributed by atoms with van der Waals surface area (Å²) in [5.41, 5.74) is 4.92. The lowest BCUT2D eigenvalue weighted by atomic mass is 9.94. The van der Waals surface area contributed by atoms with E-state index in [4.69, 9.17) is 9.47 Å². The summed E-state index contributed by atoms with van der Waals surface area (Å²) in [6.45, 7) is 13.2. The first-order chi connectivity index (χ1) is 17.3. The fraction of sp³-hybridized carbons (Fsp3) is 0.407. The van der Waals surface area contributed by atoms with E-state index in [1.54, 1.807) is 4.68 Å². The van der Waals surface area contributed by atoms with Gasteiger partial charge in [0, 0.05) is 11.4 Å². The molecule has 2 N–H and O–H groups in total. The number of aryl methyl sites for hydroxylation is 1. The van der Waals surface area contributed by atoms with Gasteiger partial charge in [0.05, 0.1) is 18.8 Å². The number of carbonyl (C=O) groups excluding carboxylic acids is 1. The first kappa shape index (κ1) is 25.2. The predicted octanol–water partition coefficient (Wildman–Crippen LogP) is 5.04. The highest BCUT2D eigenvalue weighted by molar-refractivity contribution is 6.06. The van der Waals surface area contributed by atoms with Gasteiger partial charge in [0.2, 0.25) is 5.95 Å². The number of hydrogen-bond acceptors (Lipinski definition) is 7. The molecule has 0 bridgehead atoms. The third-order valence-electron chi connectivity index (χ3n) is 6.35.